The minimum atomic E-state index is -0.662. The predicted molar refractivity (Wildman–Crippen MR) is 215 cm³/mol. The average Bonchev–Trinajstić information content (AvgIpc) is 3.63. The Kier molecular flexibility index (Phi) is 12.7. The van der Waals surface area contributed by atoms with E-state index in [-0.39, 0.29) is 24.7 Å². The molecule has 0 radical (unpaired) electrons. The van der Waals surface area contributed by atoms with Crippen molar-refractivity contribution in [2.45, 2.75) is 83.3 Å². The third-order valence-electron chi connectivity index (χ3n) is 11.0. The van der Waals surface area contributed by atoms with Crippen LogP contribution in [0.2, 0.25) is 5.02 Å². The number of likely N-dealkylation sites (tertiary alicyclic amines) is 1. The van der Waals surface area contributed by atoms with Crippen molar-refractivity contribution in [3.8, 4) is 34.4 Å². The fourth-order valence-electron chi connectivity index (χ4n) is 7.99. The van der Waals surface area contributed by atoms with Gasteiger partial charge in [-0.15, -0.1) is 0 Å². The molecule has 0 bridgehead atoms. The van der Waals surface area contributed by atoms with Crippen molar-refractivity contribution >= 4 is 23.2 Å². The molecule has 3 aliphatic rings. The summed E-state index contributed by atoms with van der Waals surface area (Å²) in [6.07, 6.45) is 4.48. The van der Waals surface area contributed by atoms with Crippen LogP contribution in [0.4, 0.5) is 10.1 Å². The van der Waals surface area contributed by atoms with Gasteiger partial charge >= 0.3 is 0 Å². The smallest absolute Gasteiger partial charge is 0.237 e. The van der Waals surface area contributed by atoms with Gasteiger partial charge < -0.3 is 29.7 Å². The van der Waals surface area contributed by atoms with E-state index in [0.717, 1.165) is 85.3 Å². The first kappa shape index (κ1) is 39.1. The molecule has 9 nitrogen and oxygen atoms in total. The zero-order valence-electron chi connectivity index (χ0n) is 31.7. The molecule has 0 saturated carbocycles. The van der Waals surface area contributed by atoms with Crippen LogP contribution >= 0.6 is 11.6 Å². The standard InChI is InChI=1S/C45H47ClFN5O4/c1-29-35(7-4-11-41(29)54-20-6-17-52-18-14-33(47)15-19-52)36-8-3-9-38-37(36)12-13-42(38)56-44-25-43(55-28-31-21-30(26-48)22-34(23-31)49-2)32(24-39(44)46)27-51-40-10-5-16-50-45(40)53/h3-4,7-9,11,21-25,33,40,42,51H,5-6,10,12-20,27-28H2,1H3,(H,50,53)/t40-,42+/m1/s1. The quantitative estimate of drug-likeness (QED) is 0.0975. The Labute approximate surface area is 333 Å². The number of piperidine rings is 2. The van der Waals surface area contributed by atoms with Crippen LogP contribution in [0.1, 0.15) is 78.0 Å². The number of benzene rings is 4. The van der Waals surface area contributed by atoms with Crippen molar-refractivity contribution in [3.63, 3.8) is 0 Å². The Hall–Kier alpha value is -5.13. The van der Waals surface area contributed by atoms with Gasteiger partial charge in [0.05, 0.1) is 30.3 Å². The number of carbonyl (C=O) groups excluding carboxylic acids is 1. The molecule has 1 aliphatic carbocycles. The molecular formula is C45H47ClFN5O4. The number of hydrogen-bond acceptors (Lipinski definition) is 7. The lowest BCUT2D eigenvalue weighted by molar-refractivity contribution is -0.124. The summed E-state index contributed by atoms with van der Waals surface area (Å²) in [5.74, 6) is 1.86. The molecule has 7 rings (SSSR count). The summed E-state index contributed by atoms with van der Waals surface area (Å²) in [4.78, 5) is 18.3. The van der Waals surface area contributed by atoms with Crippen molar-refractivity contribution < 1.29 is 23.4 Å². The van der Waals surface area contributed by atoms with Gasteiger partial charge in [0.15, 0.2) is 5.69 Å². The molecule has 4 aromatic rings. The first-order chi connectivity index (χ1) is 27.3. The predicted octanol–water partition coefficient (Wildman–Crippen LogP) is 8.95. The molecule has 2 aliphatic heterocycles. The van der Waals surface area contributed by atoms with Crippen LogP contribution in [0.25, 0.3) is 16.0 Å². The molecule has 2 N–H and O–H groups in total. The van der Waals surface area contributed by atoms with Gasteiger partial charge in [0.1, 0.15) is 36.1 Å². The summed E-state index contributed by atoms with van der Waals surface area (Å²) in [6, 6.07) is 23.0. The van der Waals surface area contributed by atoms with Gasteiger partial charge in [0.25, 0.3) is 0 Å². The van der Waals surface area contributed by atoms with Crippen molar-refractivity contribution in [1.29, 1.82) is 5.26 Å². The zero-order chi connectivity index (χ0) is 39.0. The van der Waals surface area contributed by atoms with Gasteiger partial charge in [-0.05, 0) is 116 Å². The second kappa shape index (κ2) is 18.2. The fourth-order valence-corrected chi connectivity index (χ4v) is 8.22. The van der Waals surface area contributed by atoms with Gasteiger partial charge in [-0.25, -0.2) is 9.24 Å². The highest BCUT2D eigenvalue weighted by molar-refractivity contribution is 6.32. The van der Waals surface area contributed by atoms with E-state index in [4.69, 9.17) is 32.4 Å². The number of nitriles is 1. The monoisotopic (exact) mass is 775 g/mol. The van der Waals surface area contributed by atoms with Crippen LogP contribution in [-0.2, 0) is 24.4 Å². The second-order valence-electron chi connectivity index (χ2n) is 14.8. The maximum atomic E-state index is 13.5. The van der Waals surface area contributed by atoms with Gasteiger partial charge in [0.2, 0.25) is 5.91 Å². The van der Waals surface area contributed by atoms with E-state index in [9.17, 15) is 14.4 Å². The number of rotatable bonds is 14. The first-order valence-corrected chi connectivity index (χ1v) is 19.9. The molecular weight excluding hydrogens is 729 g/mol. The number of amides is 1. The fraction of sp³-hybridized carbons (Fsp3) is 0.400. The van der Waals surface area contributed by atoms with E-state index in [2.05, 4.69) is 57.6 Å². The topological polar surface area (TPSA) is 100 Å². The Balaban J connectivity index is 1.08. The van der Waals surface area contributed by atoms with E-state index in [1.807, 2.05) is 18.2 Å². The first-order valence-electron chi connectivity index (χ1n) is 19.5. The Morgan fingerprint density at radius 2 is 1.84 bits per heavy atom. The summed E-state index contributed by atoms with van der Waals surface area (Å²) >= 11 is 6.93. The second-order valence-corrected chi connectivity index (χ2v) is 15.2. The van der Waals surface area contributed by atoms with Gasteiger partial charge in [-0.2, -0.15) is 5.26 Å². The zero-order valence-corrected chi connectivity index (χ0v) is 32.5. The van der Waals surface area contributed by atoms with Crippen LogP contribution < -0.4 is 24.8 Å². The normalized spacial score (nSPS) is 18.4. The van der Waals surface area contributed by atoms with Crippen LogP contribution in [-0.4, -0.2) is 55.8 Å². The van der Waals surface area contributed by atoms with E-state index in [1.54, 1.807) is 24.3 Å². The molecule has 2 saturated heterocycles. The minimum Gasteiger partial charge on any atom is -0.493 e. The van der Waals surface area contributed by atoms with E-state index < -0.39 is 6.17 Å². The van der Waals surface area contributed by atoms with Crippen molar-refractivity contribution in [3.05, 3.63) is 117 Å². The number of fused-ring (bicyclic) bond motifs is 1. The van der Waals surface area contributed by atoms with Gasteiger partial charge in [-0.1, -0.05) is 41.9 Å². The highest BCUT2D eigenvalue weighted by atomic mass is 35.5. The molecule has 56 heavy (non-hydrogen) atoms. The maximum Gasteiger partial charge on any atom is 0.237 e. The van der Waals surface area contributed by atoms with Gasteiger partial charge in [-0.3, -0.25) is 4.79 Å². The number of halogens is 2. The molecule has 2 atom stereocenters. The lowest BCUT2D eigenvalue weighted by Gasteiger charge is -2.28. The molecule has 2 fully saturated rings. The summed E-state index contributed by atoms with van der Waals surface area (Å²) < 4.78 is 32.9. The summed E-state index contributed by atoms with van der Waals surface area (Å²) in [5, 5.41) is 16.2. The average molecular weight is 776 g/mol. The maximum absolute atomic E-state index is 13.5. The number of nitrogens with zero attached hydrogens (tertiary/aromatic N) is 3. The Morgan fingerprint density at radius 3 is 2.64 bits per heavy atom. The number of nitrogens with one attached hydrogen (secondary N) is 2. The number of carbonyl (C=O) groups is 1. The molecule has 4 aromatic carbocycles. The molecule has 0 unspecified atom stereocenters. The summed E-state index contributed by atoms with van der Waals surface area (Å²) in [7, 11) is 0. The van der Waals surface area contributed by atoms with Crippen LogP contribution in [0.5, 0.6) is 17.2 Å². The summed E-state index contributed by atoms with van der Waals surface area (Å²) in [5.41, 5.74) is 7.93. The third-order valence-corrected chi connectivity index (χ3v) is 11.3. The molecule has 0 spiro atoms. The molecule has 11 heteroatoms. The molecule has 1 amide bonds. The van der Waals surface area contributed by atoms with E-state index in [1.165, 1.54) is 5.56 Å². The van der Waals surface area contributed by atoms with Crippen LogP contribution in [0, 0.1) is 24.8 Å². The van der Waals surface area contributed by atoms with E-state index >= 15 is 0 Å². The Morgan fingerprint density at radius 1 is 1.02 bits per heavy atom. The van der Waals surface area contributed by atoms with Crippen LogP contribution in [0.15, 0.2) is 66.7 Å². The molecule has 2 heterocycles. The van der Waals surface area contributed by atoms with Gasteiger partial charge in [0, 0.05) is 49.9 Å². The highest BCUT2D eigenvalue weighted by Crippen LogP contribution is 2.44. The van der Waals surface area contributed by atoms with Crippen molar-refractivity contribution in [1.82, 2.24) is 15.5 Å². The van der Waals surface area contributed by atoms with Crippen molar-refractivity contribution in [2.24, 2.45) is 0 Å². The number of hydrogen-bond donors (Lipinski definition) is 2. The molecule has 290 valence electrons. The SMILES string of the molecule is [C-]#[N+]c1cc(C#N)cc(COc2cc(O[C@H]3CCc4c(-c5cccc(OCCCN6CCC(F)CC6)c5C)cccc43)c(Cl)cc2CN[C@@H]2CCCNC2=O)c1. The van der Waals surface area contributed by atoms with Crippen molar-refractivity contribution in [2.75, 3.05) is 32.8 Å². The summed E-state index contributed by atoms with van der Waals surface area (Å²) in [6.45, 7) is 13.8. The Bertz CT molecular complexity index is 2110. The van der Waals surface area contributed by atoms with E-state index in [0.29, 0.717) is 65.9 Å². The lowest BCUT2D eigenvalue weighted by atomic mass is 9.93. The molecule has 0 aromatic heterocycles. The minimum absolute atomic E-state index is 0.0268. The van der Waals surface area contributed by atoms with Crippen LogP contribution in [0.3, 0.4) is 0 Å². The number of alkyl halides is 1. The third kappa shape index (κ3) is 9.28. The highest BCUT2D eigenvalue weighted by Gasteiger charge is 2.29. The largest absolute Gasteiger partial charge is 0.493 e. The number of ether oxygens (including phenoxy) is 3. The lowest BCUT2D eigenvalue weighted by Crippen LogP contribution is -2.47.